The van der Waals surface area contributed by atoms with Gasteiger partial charge in [-0.1, -0.05) is 27.7 Å². The van der Waals surface area contributed by atoms with Crippen molar-refractivity contribution in [2.45, 2.75) is 40.7 Å². The van der Waals surface area contributed by atoms with E-state index in [2.05, 4.69) is 38.3 Å². The molecule has 106 valence electrons. The van der Waals surface area contributed by atoms with Gasteiger partial charge in [-0.25, -0.2) is 4.79 Å². The molecular formula is C13H26N2O3. The van der Waals surface area contributed by atoms with Crippen molar-refractivity contribution in [3.8, 4) is 0 Å². The second-order valence-corrected chi connectivity index (χ2v) is 5.40. The molecule has 1 unspecified atom stereocenters. The average Bonchev–Trinajstić information content (AvgIpc) is 2.20. The fraction of sp³-hybridized carbons (Fsp3) is 0.846. The molecule has 3 N–H and O–H groups in total. The molecule has 0 aliphatic carbocycles. The van der Waals surface area contributed by atoms with Gasteiger partial charge in [-0.15, -0.1) is 0 Å². The second kappa shape index (κ2) is 8.08. The van der Waals surface area contributed by atoms with E-state index in [4.69, 9.17) is 5.11 Å². The summed E-state index contributed by atoms with van der Waals surface area (Å²) in [6.07, 6.45) is 0. The van der Waals surface area contributed by atoms with Crippen LogP contribution in [-0.4, -0.2) is 36.1 Å². The lowest BCUT2D eigenvalue weighted by atomic mass is 9.85. The first-order valence-corrected chi connectivity index (χ1v) is 6.46. The van der Waals surface area contributed by atoms with E-state index in [1.165, 1.54) is 6.92 Å². The standard InChI is InChI=1S/C13H26N2O3/c1-8(2)11(9(3)4)6-14-7-12(13(17)18)15-10(5)16/h8-9,11-12,14H,6-7H2,1-5H3,(H,15,16)(H,17,18). The summed E-state index contributed by atoms with van der Waals surface area (Å²) in [4.78, 5) is 21.8. The van der Waals surface area contributed by atoms with Crippen LogP contribution in [0, 0.1) is 17.8 Å². The van der Waals surface area contributed by atoms with E-state index in [0.29, 0.717) is 17.8 Å². The van der Waals surface area contributed by atoms with Gasteiger partial charge in [0.2, 0.25) is 5.91 Å². The van der Waals surface area contributed by atoms with E-state index >= 15 is 0 Å². The third kappa shape index (κ3) is 6.59. The fourth-order valence-electron chi connectivity index (χ4n) is 2.08. The summed E-state index contributed by atoms with van der Waals surface area (Å²) in [6, 6.07) is -0.859. The van der Waals surface area contributed by atoms with Crippen LogP contribution in [0.25, 0.3) is 0 Å². The Hall–Kier alpha value is -1.10. The van der Waals surface area contributed by atoms with Crippen molar-refractivity contribution >= 4 is 11.9 Å². The van der Waals surface area contributed by atoms with Crippen molar-refractivity contribution in [3.05, 3.63) is 0 Å². The van der Waals surface area contributed by atoms with E-state index < -0.39 is 12.0 Å². The Kier molecular flexibility index (Phi) is 7.59. The van der Waals surface area contributed by atoms with Crippen LogP contribution in [-0.2, 0) is 9.59 Å². The van der Waals surface area contributed by atoms with Crippen molar-refractivity contribution in [3.63, 3.8) is 0 Å². The van der Waals surface area contributed by atoms with Gasteiger partial charge >= 0.3 is 5.97 Å². The first kappa shape index (κ1) is 16.9. The molecule has 0 heterocycles. The van der Waals surface area contributed by atoms with Crippen LogP contribution in [0.3, 0.4) is 0 Å². The van der Waals surface area contributed by atoms with Gasteiger partial charge in [-0.05, 0) is 24.3 Å². The highest BCUT2D eigenvalue weighted by Gasteiger charge is 2.20. The van der Waals surface area contributed by atoms with Crippen LogP contribution in [0.5, 0.6) is 0 Å². The van der Waals surface area contributed by atoms with Gasteiger partial charge in [-0.2, -0.15) is 0 Å². The summed E-state index contributed by atoms with van der Waals surface area (Å²) in [5.41, 5.74) is 0. The van der Waals surface area contributed by atoms with E-state index in [1.54, 1.807) is 0 Å². The molecule has 1 atom stereocenters. The van der Waals surface area contributed by atoms with Crippen molar-refractivity contribution in [1.82, 2.24) is 10.6 Å². The summed E-state index contributed by atoms with van der Waals surface area (Å²) in [5.74, 6) is 0.247. The van der Waals surface area contributed by atoms with Gasteiger partial charge in [-0.3, -0.25) is 4.79 Å². The number of rotatable bonds is 8. The van der Waals surface area contributed by atoms with Gasteiger partial charge < -0.3 is 15.7 Å². The van der Waals surface area contributed by atoms with Crippen LogP contribution in [0.15, 0.2) is 0 Å². The smallest absolute Gasteiger partial charge is 0.327 e. The largest absolute Gasteiger partial charge is 0.480 e. The first-order chi connectivity index (χ1) is 8.25. The molecule has 0 bridgehead atoms. The highest BCUT2D eigenvalue weighted by molar-refractivity contribution is 5.82. The Labute approximate surface area is 109 Å². The number of aliphatic carboxylic acids is 1. The summed E-state index contributed by atoms with van der Waals surface area (Å²) in [5, 5.41) is 14.5. The molecule has 0 spiro atoms. The quantitative estimate of drug-likeness (QED) is 0.609. The minimum atomic E-state index is -1.01. The fourth-order valence-corrected chi connectivity index (χ4v) is 2.08. The Bertz CT molecular complexity index is 269. The van der Waals surface area contributed by atoms with Crippen molar-refractivity contribution in [2.75, 3.05) is 13.1 Å². The molecule has 1 amide bonds. The number of nitrogens with one attached hydrogen (secondary N) is 2. The molecule has 0 aliphatic heterocycles. The molecule has 0 saturated heterocycles. The highest BCUT2D eigenvalue weighted by atomic mass is 16.4. The van der Waals surface area contributed by atoms with Gasteiger partial charge in [0.15, 0.2) is 0 Å². The van der Waals surface area contributed by atoms with Crippen molar-refractivity contribution in [2.24, 2.45) is 17.8 Å². The van der Waals surface area contributed by atoms with Crippen LogP contribution < -0.4 is 10.6 Å². The zero-order chi connectivity index (χ0) is 14.3. The van der Waals surface area contributed by atoms with E-state index in [1.807, 2.05) is 0 Å². The SMILES string of the molecule is CC(=O)NC(CNCC(C(C)C)C(C)C)C(=O)O. The topological polar surface area (TPSA) is 78.4 Å². The minimum Gasteiger partial charge on any atom is -0.480 e. The second-order valence-electron chi connectivity index (χ2n) is 5.40. The highest BCUT2D eigenvalue weighted by Crippen LogP contribution is 2.19. The van der Waals surface area contributed by atoms with Crippen molar-refractivity contribution in [1.29, 1.82) is 0 Å². The Morgan fingerprint density at radius 3 is 1.89 bits per heavy atom. The van der Waals surface area contributed by atoms with Crippen molar-refractivity contribution < 1.29 is 14.7 Å². The molecule has 0 rings (SSSR count). The van der Waals surface area contributed by atoms with Crippen LogP contribution in [0.1, 0.15) is 34.6 Å². The molecule has 0 fully saturated rings. The lowest BCUT2D eigenvalue weighted by molar-refractivity contribution is -0.141. The molecule has 18 heavy (non-hydrogen) atoms. The van der Waals surface area contributed by atoms with Gasteiger partial charge in [0.05, 0.1) is 0 Å². The maximum Gasteiger partial charge on any atom is 0.327 e. The lowest BCUT2D eigenvalue weighted by Crippen LogP contribution is -2.47. The van der Waals surface area contributed by atoms with E-state index in [9.17, 15) is 9.59 Å². The van der Waals surface area contributed by atoms with E-state index in [-0.39, 0.29) is 12.5 Å². The molecule has 0 aromatic heterocycles. The van der Waals surface area contributed by atoms with Crippen LogP contribution >= 0.6 is 0 Å². The lowest BCUT2D eigenvalue weighted by Gasteiger charge is -2.26. The number of carbonyl (C=O) groups excluding carboxylic acids is 1. The van der Waals surface area contributed by atoms with E-state index in [0.717, 1.165) is 6.54 Å². The number of carbonyl (C=O) groups is 2. The maximum absolute atomic E-state index is 10.9. The summed E-state index contributed by atoms with van der Waals surface area (Å²) in [6.45, 7) is 11.0. The molecule has 0 saturated carbocycles. The predicted octanol–water partition coefficient (Wildman–Crippen LogP) is 1.09. The summed E-state index contributed by atoms with van der Waals surface area (Å²) in [7, 11) is 0. The molecule has 5 heteroatoms. The predicted molar refractivity (Wildman–Crippen MR) is 71.3 cm³/mol. The maximum atomic E-state index is 10.9. The third-order valence-corrected chi connectivity index (χ3v) is 3.12. The summed E-state index contributed by atoms with van der Waals surface area (Å²) >= 11 is 0. The Morgan fingerprint density at radius 2 is 1.56 bits per heavy atom. The number of carboxylic acids is 1. The molecule has 0 aliphatic rings. The van der Waals surface area contributed by atoms with Gasteiger partial charge in [0.25, 0.3) is 0 Å². The zero-order valence-corrected chi connectivity index (χ0v) is 12.0. The first-order valence-electron chi connectivity index (χ1n) is 6.46. The zero-order valence-electron chi connectivity index (χ0n) is 12.0. The number of carboxylic acid groups (broad SMARTS) is 1. The molecular weight excluding hydrogens is 232 g/mol. The Balaban J connectivity index is 4.19. The minimum absolute atomic E-state index is 0.255. The number of hydrogen-bond donors (Lipinski definition) is 3. The number of hydrogen-bond acceptors (Lipinski definition) is 3. The summed E-state index contributed by atoms with van der Waals surface area (Å²) < 4.78 is 0. The monoisotopic (exact) mass is 258 g/mol. The number of amides is 1. The Morgan fingerprint density at radius 1 is 1.06 bits per heavy atom. The normalized spacial score (nSPS) is 13.1. The average molecular weight is 258 g/mol. The molecule has 0 aromatic carbocycles. The van der Waals surface area contributed by atoms with Crippen LogP contribution in [0.2, 0.25) is 0 Å². The molecule has 0 radical (unpaired) electrons. The van der Waals surface area contributed by atoms with Crippen LogP contribution in [0.4, 0.5) is 0 Å². The van der Waals surface area contributed by atoms with Gasteiger partial charge in [0, 0.05) is 13.5 Å². The third-order valence-electron chi connectivity index (χ3n) is 3.12. The van der Waals surface area contributed by atoms with Gasteiger partial charge in [0.1, 0.15) is 6.04 Å². The molecule has 5 nitrogen and oxygen atoms in total. The molecule has 0 aromatic rings.